The van der Waals surface area contributed by atoms with Gasteiger partial charge in [-0.15, -0.1) is 0 Å². The van der Waals surface area contributed by atoms with Crippen molar-refractivity contribution in [2.75, 3.05) is 13.7 Å². The third-order valence-corrected chi connectivity index (χ3v) is 3.87. The first kappa shape index (κ1) is 16.8. The molecule has 0 aliphatic carbocycles. The lowest BCUT2D eigenvalue weighted by molar-refractivity contribution is 0.278. The third kappa shape index (κ3) is 3.71. The summed E-state index contributed by atoms with van der Waals surface area (Å²) in [6.45, 7) is 2.72. The zero-order chi connectivity index (χ0) is 17.6. The molecule has 128 valence electrons. The van der Waals surface area contributed by atoms with E-state index in [0.717, 1.165) is 5.56 Å². The molecule has 0 aliphatic heterocycles. The molecule has 5 heteroatoms. The third-order valence-electron chi connectivity index (χ3n) is 3.87. The highest BCUT2D eigenvalue weighted by Crippen LogP contribution is 2.28. The number of allylic oxidation sites excluding steroid dienone is 1. The Kier molecular flexibility index (Phi) is 5.14. The van der Waals surface area contributed by atoms with Gasteiger partial charge in [0, 0.05) is 0 Å². The summed E-state index contributed by atoms with van der Waals surface area (Å²) in [4.78, 5) is 16.8. The average molecular weight is 336 g/mol. The van der Waals surface area contributed by atoms with E-state index in [4.69, 9.17) is 9.47 Å². The fourth-order valence-electron chi connectivity index (χ4n) is 2.62. The van der Waals surface area contributed by atoms with Crippen molar-refractivity contribution in [2.45, 2.75) is 13.5 Å². The normalized spacial score (nSPS) is 11.1. The van der Waals surface area contributed by atoms with Crippen molar-refractivity contribution in [1.82, 2.24) is 9.55 Å². The van der Waals surface area contributed by atoms with Crippen LogP contribution in [0, 0.1) is 0 Å². The van der Waals surface area contributed by atoms with Crippen LogP contribution in [0.5, 0.6) is 11.5 Å². The Morgan fingerprint density at radius 3 is 2.80 bits per heavy atom. The molecule has 0 bridgehead atoms. The Labute approximate surface area is 146 Å². The summed E-state index contributed by atoms with van der Waals surface area (Å²) in [5.41, 5.74) is 1.68. The molecule has 25 heavy (non-hydrogen) atoms. The molecule has 0 radical (unpaired) electrons. The zero-order valence-corrected chi connectivity index (χ0v) is 14.3. The minimum absolute atomic E-state index is 0.0652. The number of benzene rings is 2. The second-order valence-corrected chi connectivity index (χ2v) is 5.52. The molecule has 2 aromatic carbocycles. The first-order valence-corrected chi connectivity index (χ1v) is 8.10. The topological polar surface area (TPSA) is 53.4 Å². The van der Waals surface area contributed by atoms with E-state index >= 15 is 0 Å². The van der Waals surface area contributed by atoms with Gasteiger partial charge in [-0.2, -0.15) is 0 Å². The largest absolute Gasteiger partial charge is 0.493 e. The number of hydrogen-bond acceptors (Lipinski definition) is 4. The van der Waals surface area contributed by atoms with Gasteiger partial charge >= 0.3 is 0 Å². The van der Waals surface area contributed by atoms with Crippen LogP contribution >= 0.6 is 0 Å². The van der Waals surface area contributed by atoms with Crippen LogP contribution in [-0.2, 0) is 6.54 Å². The molecule has 0 fully saturated rings. The van der Waals surface area contributed by atoms with Crippen molar-refractivity contribution >= 4 is 17.0 Å². The van der Waals surface area contributed by atoms with E-state index in [1.165, 1.54) is 0 Å². The number of nitrogens with zero attached hydrogens (tertiary/aromatic N) is 2. The van der Waals surface area contributed by atoms with Crippen LogP contribution < -0.4 is 15.0 Å². The van der Waals surface area contributed by atoms with Crippen molar-refractivity contribution in [3.63, 3.8) is 0 Å². The lowest BCUT2D eigenvalue weighted by Gasteiger charge is -2.12. The van der Waals surface area contributed by atoms with Crippen molar-refractivity contribution in [3.8, 4) is 11.5 Å². The minimum atomic E-state index is -0.0652. The van der Waals surface area contributed by atoms with Crippen LogP contribution in [0.15, 0.2) is 59.7 Å². The maximum atomic E-state index is 12.4. The number of hydrogen-bond donors (Lipinski definition) is 0. The number of methoxy groups -OCH3 is 1. The molecule has 0 unspecified atom stereocenters. The number of para-hydroxylation sites is 1. The van der Waals surface area contributed by atoms with E-state index in [1.54, 1.807) is 24.1 Å². The van der Waals surface area contributed by atoms with Crippen LogP contribution in [0.4, 0.5) is 0 Å². The van der Waals surface area contributed by atoms with Crippen LogP contribution in [0.3, 0.4) is 0 Å². The van der Waals surface area contributed by atoms with Gasteiger partial charge in [-0.05, 0) is 36.8 Å². The summed E-state index contributed by atoms with van der Waals surface area (Å²) in [5.74, 6) is 1.32. The van der Waals surface area contributed by atoms with Crippen LogP contribution in [0.25, 0.3) is 17.0 Å². The smallest absolute Gasteiger partial charge is 0.261 e. The fourth-order valence-corrected chi connectivity index (χ4v) is 2.62. The quantitative estimate of drug-likeness (QED) is 0.691. The molecule has 0 amide bonds. The summed E-state index contributed by atoms with van der Waals surface area (Å²) < 4.78 is 12.7. The molecular formula is C20H20N2O3. The second-order valence-electron chi connectivity index (χ2n) is 5.52. The fraction of sp³-hybridized carbons (Fsp3) is 0.200. The van der Waals surface area contributed by atoms with Gasteiger partial charge in [0.25, 0.3) is 5.56 Å². The number of ether oxygens (including phenoxy) is 2. The molecule has 3 aromatic rings. The molecule has 0 spiro atoms. The van der Waals surface area contributed by atoms with Crippen LogP contribution in [-0.4, -0.2) is 23.3 Å². The highest BCUT2D eigenvalue weighted by Gasteiger charge is 2.07. The lowest BCUT2D eigenvalue weighted by atomic mass is 10.2. The van der Waals surface area contributed by atoms with Gasteiger partial charge < -0.3 is 9.47 Å². The molecule has 1 aromatic heterocycles. The molecular weight excluding hydrogens is 316 g/mol. The predicted octanol–water partition coefficient (Wildman–Crippen LogP) is 3.52. The number of rotatable bonds is 6. The molecule has 1 heterocycles. The first-order chi connectivity index (χ1) is 12.2. The van der Waals surface area contributed by atoms with E-state index in [2.05, 4.69) is 4.98 Å². The molecule has 0 aliphatic rings. The first-order valence-electron chi connectivity index (χ1n) is 8.10. The summed E-state index contributed by atoms with van der Waals surface area (Å²) >= 11 is 0. The minimum Gasteiger partial charge on any atom is -0.493 e. The van der Waals surface area contributed by atoms with Gasteiger partial charge in [0.05, 0.1) is 30.9 Å². The van der Waals surface area contributed by atoms with Gasteiger partial charge in [0.2, 0.25) is 0 Å². The number of fused-ring (bicyclic) bond motifs is 1. The van der Waals surface area contributed by atoms with E-state index in [0.29, 0.717) is 35.6 Å². The van der Waals surface area contributed by atoms with Crippen LogP contribution in [0.2, 0.25) is 0 Å². The standard InChI is InChI=1S/C20H20N2O3/c1-3-6-15-9-10-18(19(13-15)24-2)25-12-11-22-14-21-17-8-5-4-7-16(17)20(22)23/h3-10,13-14H,11-12H2,1-2H3/b6-3+. The lowest BCUT2D eigenvalue weighted by Crippen LogP contribution is -2.23. The average Bonchev–Trinajstić information content (AvgIpc) is 2.65. The van der Waals surface area contributed by atoms with Crippen molar-refractivity contribution in [3.05, 3.63) is 70.8 Å². The van der Waals surface area contributed by atoms with Gasteiger partial charge in [-0.25, -0.2) is 4.98 Å². The Bertz CT molecular complexity index is 961. The Balaban J connectivity index is 1.73. The monoisotopic (exact) mass is 336 g/mol. The summed E-state index contributed by atoms with van der Waals surface area (Å²) in [5, 5.41) is 0.610. The highest BCUT2D eigenvalue weighted by atomic mass is 16.5. The van der Waals surface area contributed by atoms with E-state index in [9.17, 15) is 4.79 Å². The van der Waals surface area contributed by atoms with E-state index in [1.807, 2.05) is 55.5 Å². The zero-order valence-electron chi connectivity index (χ0n) is 14.3. The molecule has 0 saturated carbocycles. The van der Waals surface area contributed by atoms with Gasteiger partial charge in [0.1, 0.15) is 6.61 Å². The van der Waals surface area contributed by atoms with E-state index < -0.39 is 0 Å². The van der Waals surface area contributed by atoms with Gasteiger partial charge in [-0.1, -0.05) is 30.4 Å². The molecule has 5 nitrogen and oxygen atoms in total. The summed E-state index contributed by atoms with van der Waals surface area (Å²) in [6.07, 6.45) is 5.52. The van der Waals surface area contributed by atoms with Crippen molar-refractivity contribution in [2.24, 2.45) is 0 Å². The van der Waals surface area contributed by atoms with Crippen LogP contribution in [0.1, 0.15) is 12.5 Å². The highest BCUT2D eigenvalue weighted by molar-refractivity contribution is 5.76. The van der Waals surface area contributed by atoms with Crippen molar-refractivity contribution in [1.29, 1.82) is 0 Å². The summed E-state index contributed by atoms with van der Waals surface area (Å²) in [7, 11) is 1.61. The van der Waals surface area contributed by atoms with Gasteiger partial charge in [-0.3, -0.25) is 9.36 Å². The Morgan fingerprint density at radius 2 is 2.00 bits per heavy atom. The van der Waals surface area contributed by atoms with Crippen molar-refractivity contribution < 1.29 is 9.47 Å². The molecule has 0 atom stereocenters. The SMILES string of the molecule is C/C=C/c1ccc(OCCn2cnc3ccccc3c2=O)c(OC)c1. The maximum absolute atomic E-state index is 12.4. The molecule has 3 rings (SSSR count). The number of aromatic nitrogens is 2. The molecule has 0 saturated heterocycles. The van der Waals surface area contributed by atoms with Gasteiger partial charge in [0.15, 0.2) is 11.5 Å². The second kappa shape index (κ2) is 7.66. The molecule has 0 N–H and O–H groups in total. The maximum Gasteiger partial charge on any atom is 0.261 e. The Morgan fingerprint density at radius 1 is 1.16 bits per heavy atom. The summed E-state index contributed by atoms with van der Waals surface area (Å²) in [6, 6.07) is 13.1. The Hall–Kier alpha value is -3.08. The van der Waals surface area contributed by atoms with E-state index in [-0.39, 0.29) is 5.56 Å². The predicted molar refractivity (Wildman–Crippen MR) is 99.2 cm³/mol.